The third kappa shape index (κ3) is 2.59. The number of anilines is 1. The van der Waals surface area contributed by atoms with Crippen molar-refractivity contribution in [1.29, 1.82) is 0 Å². The monoisotopic (exact) mass is 350 g/mol. The predicted octanol–water partition coefficient (Wildman–Crippen LogP) is 3.42. The Labute approximate surface area is 149 Å². The molecule has 0 saturated carbocycles. The van der Waals surface area contributed by atoms with Gasteiger partial charge in [-0.3, -0.25) is 4.79 Å². The Bertz CT molecular complexity index is 1140. The molecular formula is C18H18N6O2. The lowest BCUT2D eigenvalue weighted by Crippen LogP contribution is -2.13. The Morgan fingerprint density at radius 1 is 1.23 bits per heavy atom. The van der Waals surface area contributed by atoms with E-state index in [0.29, 0.717) is 33.7 Å². The number of nitrogens with zero attached hydrogens (tertiary/aromatic N) is 5. The first-order valence-electron chi connectivity index (χ1n) is 8.32. The van der Waals surface area contributed by atoms with Crippen LogP contribution in [0.2, 0.25) is 0 Å². The van der Waals surface area contributed by atoms with Crippen LogP contribution >= 0.6 is 0 Å². The van der Waals surface area contributed by atoms with Gasteiger partial charge in [-0.25, -0.2) is 14.6 Å². The summed E-state index contributed by atoms with van der Waals surface area (Å²) in [5, 5.41) is 12.6. The van der Waals surface area contributed by atoms with Gasteiger partial charge in [0.2, 0.25) is 0 Å². The van der Waals surface area contributed by atoms with E-state index in [2.05, 4.69) is 25.5 Å². The fraction of sp³-hybridized carbons (Fsp3) is 0.278. The van der Waals surface area contributed by atoms with Gasteiger partial charge in [0.15, 0.2) is 5.65 Å². The molecule has 0 fully saturated rings. The van der Waals surface area contributed by atoms with Gasteiger partial charge in [-0.1, -0.05) is 5.16 Å². The van der Waals surface area contributed by atoms with E-state index in [9.17, 15) is 4.79 Å². The molecule has 0 aliphatic rings. The number of hydrogen-bond donors (Lipinski definition) is 1. The van der Waals surface area contributed by atoms with Crippen LogP contribution in [0.15, 0.2) is 29.0 Å². The van der Waals surface area contributed by atoms with Gasteiger partial charge in [-0.15, -0.1) is 0 Å². The molecule has 0 unspecified atom stereocenters. The second-order valence-corrected chi connectivity index (χ2v) is 6.53. The highest BCUT2D eigenvalue weighted by Gasteiger charge is 2.18. The maximum atomic E-state index is 12.8. The number of amides is 1. The lowest BCUT2D eigenvalue weighted by atomic mass is 10.1. The van der Waals surface area contributed by atoms with E-state index in [-0.39, 0.29) is 11.9 Å². The third-order valence-electron chi connectivity index (χ3n) is 4.17. The first-order chi connectivity index (χ1) is 12.4. The highest BCUT2D eigenvalue weighted by molar-refractivity contribution is 6.12. The van der Waals surface area contributed by atoms with Gasteiger partial charge < -0.3 is 9.84 Å². The Balaban J connectivity index is 1.71. The first-order valence-corrected chi connectivity index (χ1v) is 8.32. The molecule has 0 spiro atoms. The average molecular weight is 350 g/mol. The number of rotatable bonds is 3. The zero-order valence-electron chi connectivity index (χ0n) is 14.9. The SMILES string of the molecule is Cc1cc(C(=O)Nc2cnc3c(cnn3C(C)C)c2)c2c(C)noc2n1. The molecule has 0 bridgehead atoms. The molecule has 4 aromatic heterocycles. The van der Waals surface area contributed by atoms with Gasteiger partial charge in [0.1, 0.15) is 0 Å². The normalized spacial score (nSPS) is 11.6. The number of aryl methyl sites for hydroxylation is 2. The van der Waals surface area contributed by atoms with Crippen LogP contribution < -0.4 is 5.32 Å². The first kappa shape index (κ1) is 16.2. The summed E-state index contributed by atoms with van der Waals surface area (Å²) in [6, 6.07) is 3.80. The van der Waals surface area contributed by atoms with E-state index in [1.165, 1.54) is 0 Å². The van der Waals surface area contributed by atoms with Crippen molar-refractivity contribution in [2.24, 2.45) is 0 Å². The Hall–Kier alpha value is -3.29. The number of pyridine rings is 2. The van der Waals surface area contributed by atoms with E-state index in [4.69, 9.17) is 4.52 Å². The maximum Gasteiger partial charge on any atom is 0.258 e. The summed E-state index contributed by atoms with van der Waals surface area (Å²) in [5.41, 5.74) is 3.54. The number of fused-ring (bicyclic) bond motifs is 2. The summed E-state index contributed by atoms with van der Waals surface area (Å²) in [5.74, 6) is -0.260. The summed E-state index contributed by atoms with van der Waals surface area (Å²) in [6.45, 7) is 7.68. The van der Waals surface area contributed by atoms with Gasteiger partial charge in [-0.05, 0) is 39.8 Å². The summed E-state index contributed by atoms with van der Waals surface area (Å²) in [6.07, 6.45) is 3.38. The molecule has 4 rings (SSSR count). The zero-order chi connectivity index (χ0) is 18.4. The van der Waals surface area contributed by atoms with Crippen molar-refractivity contribution in [2.75, 3.05) is 5.32 Å². The minimum absolute atomic E-state index is 0.213. The molecule has 0 aliphatic carbocycles. The fourth-order valence-corrected chi connectivity index (χ4v) is 2.98. The van der Waals surface area contributed by atoms with Crippen molar-refractivity contribution in [2.45, 2.75) is 33.7 Å². The number of nitrogens with one attached hydrogen (secondary N) is 1. The van der Waals surface area contributed by atoms with Gasteiger partial charge in [-0.2, -0.15) is 5.10 Å². The molecule has 26 heavy (non-hydrogen) atoms. The van der Waals surface area contributed by atoms with Crippen LogP contribution in [-0.2, 0) is 0 Å². The molecule has 0 radical (unpaired) electrons. The average Bonchev–Trinajstić information content (AvgIpc) is 3.17. The highest BCUT2D eigenvalue weighted by atomic mass is 16.5. The topological polar surface area (TPSA) is 98.7 Å². The van der Waals surface area contributed by atoms with Crippen LogP contribution in [0, 0.1) is 13.8 Å². The van der Waals surface area contributed by atoms with Crippen molar-refractivity contribution in [1.82, 2.24) is 24.9 Å². The fourth-order valence-electron chi connectivity index (χ4n) is 2.98. The summed E-state index contributed by atoms with van der Waals surface area (Å²) < 4.78 is 7.03. The van der Waals surface area contributed by atoms with Crippen molar-refractivity contribution >= 4 is 33.7 Å². The van der Waals surface area contributed by atoms with Crippen molar-refractivity contribution in [3.63, 3.8) is 0 Å². The van der Waals surface area contributed by atoms with Gasteiger partial charge in [0.25, 0.3) is 11.6 Å². The molecule has 0 aliphatic heterocycles. The lowest BCUT2D eigenvalue weighted by Gasteiger charge is -2.08. The van der Waals surface area contributed by atoms with Crippen LogP contribution in [0.1, 0.15) is 41.6 Å². The molecule has 0 saturated heterocycles. The summed E-state index contributed by atoms with van der Waals surface area (Å²) in [7, 11) is 0. The minimum Gasteiger partial charge on any atom is -0.336 e. The Morgan fingerprint density at radius 3 is 2.81 bits per heavy atom. The molecule has 4 aromatic rings. The molecule has 1 N–H and O–H groups in total. The van der Waals surface area contributed by atoms with E-state index >= 15 is 0 Å². The minimum atomic E-state index is -0.260. The maximum absolute atomic E-state index is 12.8. The molecular weight excluding hydrogens is 332 g/mol. The second-order valence-electron chi connectivity index (χ2n) is 6.53. The van der Waals surface area contributed by atoms with Crippen LogP contribution in [0.5, 0.6) is 0 Å². The predicted molar refractivity (Wildman–Crippen MR) is 97.1 cm³/mol. The largest absolute Gasteiger partial charge is 0.336 e. The molecule has 132 valence electrons. The third-order valence-corrected chi connectivity index (χ3v) is 4.17. The molecule has 0 aromatic carbocycles. The number of carbonyl (C=O) groups excluding carboxylic acids is 1. The number of hydrogen-bond acceptors (Lipinski definition) is 6. The van der Waals surface area contributed by atoms with Gasteiger partial charge in [0.05, 0.1) is 34.7 Å². The second kappa shape index (κ2) is 5.91. The Morgan fingerprint density at radius 2 is 2.04 bits per heavy atom. The summed E-state index contributed by atoms with van der Waals surface area (Å²) >= 11 is 0. The van der Waals surface area contributed by atoms with E-state index in [1.54, 1.807) is 25.4 Å². The van der Waals surface area contributed by atoms with Crippen molar-refractivity contribution < 1.29 is 9.32 Å². The molecule has 8 nitrogen and oxygen atoms in total. The molecule has 8 heteroatoms. The van der Waals surface area contributed by atoms with Gasteiger partial charge >= 0.3 is 0 Å². The van der Waals surface area contributed by atoms with E-state index in [0.717, 1.165) is 11.0 Å². The molecule has 0 atom stereocenters. The van der Waals surface area contributed by atoms with E-state index < -0.39 is 0 Å². The standard InChI is InChI=1S/C18H18N6O2/c1-9(2)24-16-12(7-20-24)6-13(8-19-16)22-17(25)14-5-10(3)21-18-15(14)11(4)23-26-18/h5-9H,1-4H3,(H,22,25). The zero-order valence-corrected chi connectivity index (χ0v) is 14.9. The Kier molecular flexibility index (Phi) is 3.68. The number of carbonyl (C=O) groups is 1. The van der Waals surface area contributed by atoms with Crippen molar-refractivity contribution in [3.05, 3.63) is 41.5 Å². The van der Waals surface area contributed by atoms with Crippen LogP contribution in [0.3, 0.4) is 0 Å². The quantitative estimate of drug-likeness (QED) is 0.608. The molecule has 4 heterocycles. The smallest absolute Gasteiger partial charge is 0.258 e. The number of aromatic nitrogens is 5. The van der Waals surface area contributed by atoms with Crippen LogP contribution in [0.25, 0.3) is 22.1 Å². The van der Waals surface area contributed by atoms with Crippen LogP contribution in [-0.4, -0.2) is 30.8 Å². The summed E-state index contributed by atoms with van der Waals surface area (Å²) in [4.78, 5) is 21.5. The van der Waals surface area contributed by atoms with E-state index in [1.807, 2.05) is 31.5 Å². The lowest BCUT2D eigenvalue weighted by molar-refractivity contribution is 0.102. The molecule has 1 amide bonds. The van der Waals surface area contributed by atoms with Gasteiger partial charge in [0, 0.05) is 17.1 Å². The van der Waals surface area contributed by atoms with Crippen LogP contribution in [0.4, 0.5) is 5.69 Å². The van der Waals surface area contributed by atoms with Crippen molar-refractivity contribution in [3.8, 4) is 0 Å². The highest BCUT2D eigenvalue weighted by Crippen LogP contribution is 2.24.